The molecule has 0 fully saturated rings. The maximum Gasteiger partial charge on any atom is 0.159 e. The molecule has 0 radical (unpaired) electrons. The van der Waals surface area contributed by atoms with Gasteiger partial charge in [-0.3, -0.25) is 14.4 Å². The zero-order valence-electron chi connectivity index (χ0n) is 22.3. The molecule has 0 aliphatic carbocycles. The average Bonchev–Trinajstić information content (AvgIpc) is 2.93. The Balaban J connectivity index is 0.000000200. The van der Waals surface area contributed by atoms with Gasteiger partial charge in [0.05, 0.1) is 14.2 Å². The normalized spacial score (nSPS) is 9.78. The van der Waals surface area contributed by atoms with Crippen molar-refractivity contribution in [1.29, 1.82) is 0 Å². The van der Waals surface area contributed by atoms with Crippen molar-refractivity contribution in [2.75, 3.05) is 14.2 Å². The van der Waals surface area contributed by atoms with Crippen LogP contribution >= 0.6 is 0 Å². The molecular formula is C32H34O5. The van der Waals surface area contributed by atoms with E-state index in [1.807, 2.05) is 48.5 Å². The number of hydrogen-bond donors (Lipinski definition) is 0. The second-order valence-corrected chi connectivity index (χ2v) is 8.38. The molecule has 0 aromatic heterocycles. The Labute approximate surface area is 219 Å². The SMILES string of the molecule is CC(=O)c1ccc(C(C)=O)cc1.CCc1ccc(OC)cc1.COc1ccc2cc(C(C)=O)ccc2c1. The average molecular weight is 499 g/mol. The molecule has 0 aliphatic heterocycles. The van der Waals surface area contributed by atoms with Gasteiger partial charge in [-0.1, -0.05) is 61.5 Å². The Morgan fingerprint density at radius 3 is 1.38 bits per heavy atom. The number of rotatable bonds is 6. The molecule has 0 amide bonds. The van der Waals surface area contributed by atoms with Gasteiger partial charge in [0.2, 0.25) is 0 Å². The zero-order valence-corrected chi connectivity index (χ0v) is 22.3. The van der Waals surface area contributed by atoms with Gasteiger partial charge in [0.15, 0.2) is 17.3 Å². The minimum absolute atomic E-state index is 0.0186. The number of methoxy groups -OCH3 is 2. The minimum atomic E-state index is 0.0186. The first-order valence-electron chi connectivity index (χ1n) is 12.0. The van der Waals surface area contributed by atoms with E-state index in [1.165, 1.54) is 19.4 Å². The summed E-state index contributed by atoms with van der Waals surface area (Å²) in [5.41, 5.74) is 3.37. The minimum Gasteiger partial charge on any atom is -0.497 e. The standard InChI is InChI=1S/C13H12O2.C10H10O2.C9H12O/c1-9(14)10-3-4-12-8-13(15-2)6-5-11(12)7-10;1-7(11)9-3-5-10(6-4-9)8(2)12;1-3-8-4-6-9(10-2)7-5-8/h3-8H,1-2H3;3-6H,1-2H3;4-7H,3H2,1-2H3. The topological polar surface area (TPSA) is 69.7 Å². The van der Waals surface area contributed by atoms with Gasteiger partial charge < -0.3 is 9.47 Å². The van der Waals surface area contributed by atoms with E-state index in [0.29, 0.717) is 11.1 Å². The number of benzene rings is 4. The number of aryl methyl sites for hydroxylation is 1. The molecule has 0 spiro atoms. The van der Waals surface area contributed by atoms with E-state index in [2.05, 4.69) is 19.1 Å². The highest BCUT2D eigenvalue weighted by molar-refractivity contribution is 5.99. The van der Waals surface area contributed by atoms with E-state index in [9.17, 15) is 14.4 Å². The van der Waals surface area contributed by atoms with Crippen LogP contribution in [0.4, 0.5) is 0 Å². The zero-order chi connectivity index (χ0) is 27.4. The lowest BCUT2D eigenvalue weighted by molar-refractivity contribution is 0.100. The van der Waals surface area contributed by atoms with Crippen LogP contribution in [0.1, 0.15) is 64.3 Å². The number of Topliss-reactive ketones (excluding diaryl/α,β-unsaturated/α-hetero) is 3. The van der Waals surface area contributed by atoms with Gasteiger partial charge in [-0.05, 0) is 73.9 Å². The lowest BCUT2D eigenvalue weighted by Crippen LogP contribution is -1.95. The van der Waals surface area contributed by atoms with Crippen molar-refractivity contribution in [3.63, 3.8) is 0 Å². The highest BCUT2D eigenvalue weighted by atomic mass is 16.5. The van der Waals surface area contributed by atoms with E-state index in [0.717, 1.165) is 34.3 Å². The number of hydrogen-bond acceptors (Lipinski definition) is 5. The highest BCUT2D eigenvalue weighted by Crippen LogP contribution is 2.22. The van der Waals surface area contributed by atoms with Crippen molar-refractivity contribution in [3.05, 3.63) is 107 Å². The van der Waals surface area contributed by atoms with Crippen LogP contribution in [0, 0.1) is 0 Å². The summed E-state index contributed by atoms with van der Waals surface area (Å²) in [7, 11) is 3.33. The molecule has 0 N–H and O–H groups in total. The molecule has 0 heterocycles. The van der Waals surface area contributed by atoms with Crippen LogP contribution in [0.15, 0.2) is 84.9 Å². The molecule has 4 aromatic carbocycles. The molecular weight excluding hydrogens is 464 g/mol. The van der Waals surface area contributed by atoms with Gasteiger partial charge in [0.1, 0.15) is 11.5 Å². The van der Waals surface area contributed by atoms with Gasteiger partial charge in [-0.15, -0.1) is 0 Å². The molecule has 0 saturated heterocycles. The summed E-state index contributed by atoms with van der Waals surface area (Å²) in [6, 6.07) is 26.3. The van der Waals surface area contributed by atoms with Crippen LogP contribution in [-0.4, -0.2) is 31.6 Å². The second-order valence-electron chi connectivity index (χ2n) is 8.38. The molecule has 0 saturated carbocycles. The summed E-state index contributed by atoms with van der Waals surface area (Å²) in [5, 5.41) is 2.14. The fourth-order valence-corrected chi connectivity index (χ4v) is 3.37. The first-order valence-corrected chi connectivity index (χ1v) is 12.0. The van der Waals surface area contributed by atoms with Crippen LogP contribution in [0.5, 0.6) is 11.5 Å². The fourth-order valence-electron chi connectivity index (χ4n) is 3.37. The summed E-state index contributed by atoms with van der Waals surface area (Å²) >= 11 is 0. The Bertz CT molecular complexity index is 1280. The van der Waals surface area contributed by atoms with E-state index in [4.69, 9.17) is 9.47 Å². The first kappa shape index (κ1) is 29.0. The van der Waals surface area contributed by atoms with E-state index in [-0.39, 0.29) is 17.3 Å². The fraction of sp³-hybridized carbons (Fsp3) is 0.219. The van der Waals surface area contributed by atoms with Crippen molar-refractivity contribution in [3.8, 4) is 11.5 Å². The number of fused-ring (bicyclic) bond motifs is 1. The molecule has 5 nitrogen and oxygen atoms in total. The predicted octanol–water partition coefficient (Wildman–Crippen LogP) is 7.40. The van der Waals surface area contributed by atoms with Crippen LogP contribution in [-0.2, 0) is 6.42 Å². The number of ether oxygens (including phenoxy) is 2. The van der Waals surface area contributed by atoms with Crippen molar-refractivity contribution in [2.24, 2.45) is 0 Å². The Morgan fingerprint density at radius 1 is 0.541 bits per heavy atom. The third-order valence-electron chi connectivity index (χ3n) is 5.72. The molecule has 37 heavy (non-hydrogen) atoms. The molecule has 0 atom stereocenters. The molecule has 4 rings (SSSR count). The predicted molar refractivity (Wildman–Crippen MR) is 149 cm³/mol. The summed E-state index contributed by atoms with van der Waals surface area (Å²) in [5.74, 6) is 1.89. The quantitative estimate of drug-likeness (QED) is 0.259. The van der Waals surface area contributed by atoms with Gasteiger partial charge in [-0.2, -0.15) is 0 Å². The maximum atomic E-state index is 11.2. The van der Waals surface area contributed by atoms with Gasteiger partial charge >= 0.3 is 0 Å². The third kappa shape index (κ3) is 9.04. The lowest BCUT2D eigenvalue weighted by atomic mass is 10.0. The second kappa shape index (κ2) is 14.3. The molecule has 192 valence electrons. The smallest absolute Gasteiger partial charge is 0.159 e. The summed E-state index contributed by atoms with van der Waals surface area (Å²) in [6.45, 7) is 6.72. The van der Waals surface area contributed by atoms with Crippen LogP contribution in [0.2, 0.25) is 0 Å². The van der Waals surface area contributed by atoms with Crippen molar-refractivity contribution in [2.45, 2.75) is 34.1 Å². The van der Waals surface area contributed by atoms with Gasteiger partial charge in [0, 0.05) is 16.7 Å². The largest absolute Gasteiger partial charge is 0.497 e. The molecule has 4 aromatic rings. The van der Waals surface area contributed by atoms with Crippen molar-refractivity contribution < 1.29 is 23.9 Å². The Morgan fingerprint density at radius 2 is 0.946 bits per heavy atom. The van der Waals surface area contributed by atoms with Gasteiger partial charge in [-0.25, -0.2) is 0 Å². The van der Waals surface area contributed by atoms with Crippen molar-refractivity contribution in [1.82, 2.24) is 0 Å². The van der Waals surface area contributed by atoms with E-state index >= 15 is 0 Å². The van der Waals surface area contributed by atoms with E-state index in [1.54, 1.807) is 45.4 Å². The Hall–Kier alpha value is -4.25. The van der Waals surface area contributed by atoms with Crippen LogP contribution < -0.4 is 9.47 Å². The summed E-state index contributed by atoms with van der Waals surface area (Å²) in [6.07, 6.45) is 1.09. The third-order valence-corrected chi connectivity index (χ3v) is 5.72. The first-order chi connectivity index (χ1) is 17.7. The van der Waals surface area contributed by atoms with E-state index < -0.39 is 0 Å². The highest BCUT2D eigenvalue weighted by Gasteiger charge is 2.02. The van der Waals surface area contributed by atoms with Crippen molar-refractivity contribution >= 4 is 28.1 Å². The molecule has 5 heteroatoms. The van der Waals surface area contributed by atoms with Crippen LogP contribution in [0.25, 0.3) is 10.8 Å². The van der Waals surface area contributed by atoms with Gasteiger partial charge in [0.25, 0.3) is 0 Å². The lowest BCUT2D eigenvalue weighted by Gasteiger charge is -2.03. The van der Waals surface area contributed by atoms with Crippen LogP contribution in [0.3, 0.4) is 0 Å². The maximum absolute atomic E-state index is 11.2. The number of carbonyl (C=O) groups excluding carboxylic acids is 3. The number of ketones is 3. The molecule has 0 aliphatic rings. The number of carbonyl (C=O) groups is 3. The monoisotopic (exact) mass is 498 g/mol. The molecule has 0 bridgehead atoms. The Kier molecular flexibility index (Phi) is 11.2. The molecule has 0 unspecified atom stereocenters. The summed E-state index contributed by atoms with van der Waals surface area (Å²) < 4.78 is 10.1. The summed E-state index contributed by atoms with van der Waals surface area (Å²) in [4.78, 5) is 32.9.